The standard InChI is InChI=1S/C25H30F3N9O/c26-25(27,28)18-4-5-19(36-9-6-24(30,12-36)23(38)34-15-2-3-15)17(16(18)10-35-7-1-8-35)11-37-14-33-20-21(29)31-13-32-22(20)37/h4-5,13-15H,1-3,6-12,30H2,(H,34,38)(H2,29,31,32). The molecule has 3 aromatic rings. The van der Waals surface area contributed by atoms with E-state index in [2.05, 4.69) is 20.3 Å². The van der Waals surface area contributed by atoms with Crippen LogP contribution in [0.1, 0.15) is 42.4 Å². The summed E-state index contributed by atoms with van der Waals surface area (Å²) in [6.45, 7) is 2.43. The van der Waals surface area contributed by atoms with Crippen molar-refractivity contribution in [3.63, 3.8) is 0 Å². The van der Waals surface area contributed by atoms with E-state index in [4.69, 9.17) is 11.5 Å². The van der Waals surface area contributed by atoms with Crippen LogP contribution >= 0.6 is 0 Å². The Hall–Kier alpha value is -3.45. The van der Waals surface area contributed by atoms with Crippen LogP contribution in [0, 0.1) is 0 Å². The van der Waals surface area contributed by atoms with Crippen LogP contribution in [0.25, 0.3) is 11.2 Å². The molecule has 1 aromatic carbocycles. The van der Waals surface area contributed by atoms with Crippen molar-refractivity contribution in [3.8, 4) is 0 Å². The number of carbonyl (C=O) groups is 1. The molecule has 5 N–H and O–H groups in total. The van der Waals surface area contributed by atoms with Gasteiger partial charge in [-0.25, -0.2) is 15.0 Å². The molecule has 0 bridgehead atoms. The molecule has 1 aliphatic carbocycles. The lowest BCUT2D eigenvalue weighted by Crippen LogP contribution is -2.56. The lowest BCUT2D eigenvalue weighted by atomic mass is 9.95. The molecule has 1 atom stereocenters. The van der Waals surface area contributed by atoms with E-state index < -0.39 is 17.3 Å². The first-order valence-corrected chi connectivity index (χ1v) is 12.8. The van der Waals surface area contributed by atoms with Crippen molar-refractivity contribution in [2.75, 3.05) is 36.8 Å². The Kier molecular flexibility index (Phi) is 5.94. The van der Waals surface area contributed by atoms with E-state index in [0.29, 0.717) is 35.4 Å². The number of nitrogen functional groups attached to an aromatic ring is 1. The first-order chi connectivity index (χ1) is 18.1. The number of hydrogen-bond donors (Lipinski definition) is 3. The summed E-state index contributed by atoms with van der Waals surface area (Å²) in [5, 5.41) is 2.98. The minimum Gasteiger partial charge on any atom is -0.382 e. The smallest absolute Gasteiger partial charge is 0.382 e. The van der Waals surface area contributed by atoms with Crippen LogP contribution in [0.15, 0.2) is 24.8 Å². The molecular weight excluding hydrogens is 499 g/mol. The SMILES string of the molecule is Nc1ncnc2c1ncn2Cc1c(N2CCC(N)(C(=O)NC3CC3)C2)ccc(C(F)(F)F)c1CN1CCC1. The third-order valence-electron chi connectivity index (χ3n) is 7.81. The van der Waals surface area contributed by atoms with Crippen LogP contribution < -0.4 is 21.7 Å². The van der Waals surface area contributed by atoms with Crippen molar-refractivity contribution in [3.05, 3.63) is 41.5 Å². The number of anilines is 2. The van der Waals surface area contributed by atoms with Gasteiger partial charge in [0.1, 0.15) is 17.4 Å². The molecule has 2 saturated heterocycles. The summed E-state index contributed by atoms with van der Waals surface area (Å²) in [7, 11) is 0. The Labute approximate surface area is 217 Å². The molecule has 6 rings (SSSR count). The van der Waals surface area contributed by atoms with Gasteiger partial charge in [-0.05, 0) is 56.5 Å². The van der Waals surface area contributed by atoms with Gasteiger partial charge in [-0.15, -0.1) is 0 Å². The van der Waals surface area contributed by atoms with E-state index in [9.17, 15) is 18.0 Å². The van der Waals surface area contributed by atoms with Gasteiger partial charge in [0.05, 0.1) is 18.4 Å². The monoisotopic (exact) mass is 529 g/mol. The average molecular weight is 530 g/mol. The van der Waals surface area contributed by atoms with Crippen molar-refractivity contribution >= 4 is 28.6 Å². The summed E-state index contributed by atoms with van der Waals surface area (Å²) in [6.07, 6.45) is 1.56. The Morgan fingerprint density at radius 3 is 2.58 bits per heavy atom. The van der Waals surface area contributed by atoms with Crippen LogP contribution in [-0.4, -0.2) is 68.1 Å². The number of amides is 1. The number of benzene rings is 1. The van der Waals surface area contributed by atoms with Gasteiger partial charge in [0.15, 0.2) is 11.5 Å². The van der Waals surface area contributed by atoms with Crippen LogP contribution in [0.2, 0.25) is 0 Å². The van der Waals surface area contributed by atoms with E-state index in [0.717, 1.165) is 38.4 Å². The van der Waals surface area contributed by atoms with Crippen LogP contribution in [0.5, 0.6) is 0 Å². The molecule has 13 heteroatoms. The third kappa shape index (κ3) is 4.53. The minimum atomic E-state index is -4.52. The number of alkyl halides is 3. The van der Waals surface area contributed by atoms with Gasteiger partial charge in [0, 0.05) is 36.9 Å². The van der Waals surface area contributed by atoms with E-state index in [1.807, 2.05) is 9.80 Å². The maximum atomic E-state index is 14.3. The lowest BCUT2D eigenvalue weighted by Gasteiger charge is -2.34. The molecule has 10 nitrogen and oxygen atoms in total. The molecule has 0 radical (unpaired) electrons. The molecule has 3 fully saturated rings. The topological polar surface area (TPSA) is 131 Å². The molecule has 0 spiro atoms. The summed E-state index contributed by atoms with van der Waals surface area (Å²) in [5.74, 6) is -0.00232. The first kappa shape index (κ1) is 24.9. The number of halogens is 3. The molecule has 3 aliphatic rings. The second kappa shape index (κ2) is 9.09. The highest BCUT2D eigenvalue weighted by Gasteiger charge is 2.44. The summed E-state index contributed by atoms with van der Waals surface area (Å²) >= 11 is 0. The summed E-state index contributed by atoms with van der Waals surface area (Å²) in [4.78, 5) is 29.4. The second-order valence-corrected chi connectivity index (χ2v) is 10.6. The van der Waals surface area contributed by atoms with Gasteiger partial charge in [0.25, 0.3) is 0 Å². The van der Waals surface area contributed by atoms with E-state index in [1.54, 1.807) is 4.57 Å². The molecule has 2 aliphatic heterocycles. The van der Waals surface area contributed by atoms with Crippen molar-refractivity contribution < 1.29 is 18.0 Å². The molecule has 4 heterocycles. The molecule has 202 valence electrons. The molecular formula is C25H30F3N9O. The predicted octanol–water partition coefficient (Wildman–Crippen LogP) is 1.87. The Balaban J connectivity index is 1.43. The number of likely N-dealkylation sites (tertiary alicyclic amines) is 1. The van der Waals surface area contributed by atoms with Crippen molar-refractivity contribution in [2.24, 2.45) is 5.73 Å². The zero-order chi connectivity index (χ0) is 26.7. The molecule has 38 heavy (non-hydrogen) atoms. The van der Waals surface area contributed by atoms with Gasteiger partial charge in [-0.3, -0.25) is 9.69 Å². The number of rotatable bonds is 7. The zero-order valence-electron chi connectivity index (χ0n) is 20.8. The average Bonchev–Trinajstić information content (AvgIpc) is 3.41. The fourth-order valence-corrected chi connectivity index (χ4v) is 5.33. The summed E-state index contributed by atoms with van der Waals surface area (Å²) < 4.78 is 44.6. The highest BCUT2D eigenvalue weighted by atomic mass is 19.4. The quantitative estimate of drug-likeness (QED) is 0.423. The summed E-state index contributed by atoms with van der Waals surface area (Å²) in [5.41, 5.74) is 12.9. The van der Waals surface area contributed by atoms with Crippen molar-refractivity contribution in [2.45, 2.75) is 56.5 Å². The van der Waals surface area contributed by atoms with E-state index in [-0.39, 0.29) is 43.0 Å². The van der Waals surface area contributed by atoms with Crippen LogP contribution in [-0.2, 0) is 24.1 Å². The van der Waals surface area contributed by atoms with Gasteiger partial charge < -0.3 is 26.3 Å². The highest BCUT2D eigenvalue weighted by Crippen LogP contribution is 2.40. The lowest BCUT2D eigenvalue weighted by molar-refractivity contribution is -0.138. The van der Waals surface area contributed by atoms with E-state index >= 15 is 0 Å². The Morgan fingerprint density at radius 1 is 1.11 bits per heavy atom. The number of imidazole rings is 1. The zero-order valence-corrected chi connectivity index (χ0v) is 20.8. The van der Waals surface area contributed by atoms with Gasteiger partial charge in [0.2, 0.25) is 5.91 Å². The number of nitrogens with one attached hydrogen (secondary N) is 1. The third-order valence-corrected chi connectivity index (χ3v) is 7.81. The number of nitrogens with two attached hydrogens (primary N) is 2. The van der Waals surface area contributed by atoms with Crippen molar-refractivity contribution in [1.29, 1.82) is 0 Å². The van der Waals surface area contributed by atoms with Gasteiger partial charge in [-0.2, -0.15) is 13.2 Å². The van der Waals surface area contributed by atoms with Crippen LogP contribution in [0.4, 0.5) is 24.7 Å². The minimum absolute atomic E-state index is 0.0950. The summed E-state index contributed by atoms with van der Waals surface area (Å²) in [6, 6.07) is 2.83. The number of fused-ring (bicyclic) bond motifs is 1. The fourth-order valence-electron chi connectivity index (χ4n) is 5.33. The van der Waals surface area contributed by atoms with Crippen molar-refractivity contribution in [1.82, 2.24) is 29.7 Å². The normalized spacial score (nSPS) is 22.2. The number of carbonyl (C=O) groups excluding carboxylic acids is 1. The first-order valence-electron chi connectivity index (χ1n) is 12.8. The Morgan fingerprint density at radius 2 is 1.89 bits per heavy atom. The predicted molar refractivity (Wildman–Crippen MR) is 135 cm³/mol. The molecule has 2 aromatic heterocycles. The van der Waals surface area contributed by atoms with E-state index in [1.165, 1.54) is 18.7 Å². The maximum absolute atomic E-state index is 14.3. The molecule has 1 unspecified atom stereocenters. The Bertz CT molecular complexity index is 1380. The maximum Gasteiger partial charge on any atom is 0.416 e. The number of hydrogen-bond acceptors (Lipinski definition) is 8. The second-order valence-electron chi connectivity index (χ2n) is 10.6. The highest BCUT2D eigenvalue weighted by molar-refractivity contribution is 5.88. The number of aromatic nitrogens is 4. The molecule has 1 saturated carbocycles. The van der Waals surface area contributed by atoms with Crippen LogP contribution in [0.3, 0.4) is 0 Å². The van der Waals surface area contributed by atoms with Gasteiger partial charge in [-0.1, -0.05) is 0 Å². The molecule has 1 amide bonds. The number of nitrogens with zero attached hydrogens (tertiary/aromatic N) is 6. The van der Waals surface area contributed by atoms with Gasteiger partial charge >= 0.3 is 6.18 Å². The fraction of sp³-hybridized carbons (Fsp3) is 0.520. The largest absolute Gasteiger partial charge is 0.416 e.